The third-order valence-electron chi connectivity index (χ3n) is 5.93. The number of benzene rings is 1. The van der Waals surface area contributed by atoms with Gasteiger partial charge in [0.2, 0.25) is 5.55 Å². The number of thiophene rings is 1. The van der Waals surface area contributed by atoms with Gasteiger partial charge in [0.25, 0.3) is 11.8 Å². The second kappa shape index (κ2) is 8.40. The summed E-state index contributed by atoms with van der Waals surface area (Å²) in [4.78, 5) is 29.4. The van der Waals surface area contributed by atoms with Crippen molar-refractivity contribution >= 4 is 39.1 Å². The molecule has 5 rings (SSSR count). The van der Waals surface area contributed by atoms with E-state index < -0.39 is 5.91 Å². The summed E-state index contributed by atoms with van der Waals surface area (Å²) in [6.07, 6.45) is 3.80. The first-order chi connectivity index (χ1) is 15.5. The molecule has 2 aliphatic rings. The molecule has 2 amide bonds. The first-order valence-corrected chi connectivity index (χ1v) is 11.5. The summed E-state index contributed by atoms with van der Waals surface area (Å²) in [6, 6.07) is 6.33. The number of nitrogens with zero attached hydrogens (tertiary/aromatic N) is 1. The van der Waals surface area contributed by atoms with E-state index in [1.165, 1.54) is 23.5 Å². The topological polar surface area (TPSA) is 116 Å². The quantitative estimate of drug-likeness (QED) is 0.563. The lowest BCUT2D eigenvalue weighted by Crippen LogP contribution is -2.41. The van der Waals surface area contributed by atoms with Gasteiger partial charge in [0.1, 0.15) is 10.6 Å². The van der Waals surface area contributed by atoms with E-state index in [1.807, 2.05) is 0 Å². The number of morpholine rings is 1. The van der Waals surface area contributed by atoms with Gasteiger partial charge in [0, 0.05) is 23.4 Å². The lowest BCUT2D eigenvalue weighted by Gasteiger charge is -2.27. The predicted molar refractivity (Wildman–Crippen MR) is 119 cm³/mol. The highest BCUT2D eigenvalue weighted by Gasteiger charge is 2.30. The van der Waals surface area contributed by atoms with Crippen LogP contribution in [0.2, 0.25) is 0 Å². The number of fused-ring (bicyclic) bond motifs is 2. The summed E-state index contributed by atoms with van der Waals surface area (Å²) < 4.78 is 10.8. The van der Waals surface area contributed by atoms with E-state index in [0.29, 0.717) is 42.3 Å². The Morgan fingerprint density at radius 1 is 1.16 bits per heavy atom. The summed E-state index contributed by atoms with van der Waals surface area (Å²) in [7, 11) is 0. The van der Waals surface area contributed by atoms with E-state index in [4.69, 9.17) is 14.6 Å². The van der Waals surface area contributed by atoms with Crippen LogP contribution in [0.5, 0.6) is 5.75 Å². The maximum Gasteiger partial charge on any atom is 0.261 e. The maximum absolute atomic E-state index is 13.4. The zero-order chi connectivity index (χ0) is 22.2. The number of phenols is 1. The Kier molecular flexibility index (Phi) is 5.44. The van der Waals surface area contributed by atoms with Crippen molar-refractivity contribution < 1.29 is 23.8 Å². The van der Waals surface area contributed by atoms with Crippen molar-refractivity contribution in [3.63, 3.8) is 0 Å². The molecular weight excluding hydrogens is 430 g/mol. The van der Waals surface area contributed by atoms with Crippen molar-refractivity contribution in [1.29, 1.82) is 5.41 Å². The molecule has 3 N–H and O–H groups in total. The van der Waals surface area contributed by atoms with E-state index in [-0.39, 0.29) is 28.4 Å². The van der Waals surface area contributed by atoms with Gasteiger partial charge in [0.15, 0.2) is 11.3 Å². The van der Waals surface area contributed by atoms with Crippen molar-refractivity contribution in [3.05, 3.63) is 51.4 Å². The average molecular weight is 454 g/mol. The lowest BCUT2D eigenvalue weighted by atomic mass is 9.95. The highest BCUT2D eigenvalue weighted by molar-refractivity contribution is 7.17. The van der Waals surface area contributed by atoms with Crippen molar-refractivity contribution in [2.45, 2.75) is 25.7 Å². The normalized spacial score (nSPS) is 16.1. The molecule has 1 saturated heterocycles. The number of carbonyl (C=O) groups is 2. The van der Waals surface area contributed by atoms with E-state index in [1.54, 1.807) is 17.0 Å². The number of aromatic hydroxyl groups is 1. The van der Waals surface area contributed by atoms with E-state index in [2.05, 4.69) is 5.32 Å². The summed E-state index contributed by atoms with van der Waals surface area (Å²) >= 11 is 1.45. The second-order valence-corrected chi connectivity index (χ2v) is 9.06. The molecule has 8 nitrogen and oxygen atoms in total. The number of ether oxygens (including phenoxy) is 1. The summed E-state index contributed by atoms with van der Waals surface area (Å²) in [5, 5.41) is 22.0. The van der Waals surface area contributed by atoms with Gasteiger partial charge in [-0.1, -0.05) is 12.1 Å². The molecule has 0 atom stereocenters. The molecule has 2 aromatic heterocycles. The first-order valence-electron chi connectivity index (χ1n) is 10.7. The van der Waals surface area contributed by atoms with Crippen LogP contribution in [0.4, 0.5) is 5.00 Å². The molecule has 0 unspecified atom stereocenters. The third-order valence-corrected chi connectivity index (χ3v) is 7.14. The Bertz CT molecular complexity index is 1270. The second-order valence-electron chi connectivity index (χ2n) is 7.96. The molecule has 32 heavy (non-hydrogen) atoms. The van der Waals surface area contributed by atoms with Crippen molar-refractivity contribution in [1.82, 2.24) is 4.90 Å². The van der Waals surface area contributed by atoms with Crippen LogP contribution in [-0.4, -0.2) is 48.1 Å². The molecule has 3 heterocycles. The van der Waals surface area contributed by atoms with Gasteiger partial charge in [-0.25, -0.2) is 0 Å². The zero-order valence-electron chi connectivity index (χ0n) is 17.4. The third kappa shape index (κ3) is 3.67. The number of amides is 2. The monoisotopic (exact) mass is 453 g/mol. The minimum atomic E-state index is -0.515. The Balaban J connectivity index is 1.51. The molecule has 1 aromatic carbocycles. The van der Waals surface area contributed by atoms with Gasteiger partial charge in [-0.3, -0.25) is 15.0 Å². The highest BCUT2D eigenvalue weighted by atomic mass is 32.1. The van der Waals surface area contributed by atoms with Crippen LogP contribution in [-0.2, 0) is 17.6 Å². The number of hydrogen-bond donors (Lipinski definition) is 3. The minimum absolute atomic E-state index is 0.0410. The fourth-order valence-corrected chi connectivity index (χ4v) is 5.57. The number of rotatable bonds is 3. The molecule has 3 aromatic rings. The molecule has 9 heteroatoms. The van der Waals surface area contributed by atoms with Gasteiger partial charge in [-0.05, 0) is 43.4 Å². The lowest BCUT2D eigenvalue weighted by molar-refractivity contribution is 0.0303. The molecule has 0 spiro atoms. The maximum atomic E-state index is 13.4. The number of anilines is 1. The standard InChI is InChI=1S/C23H23N3O5S/c24-20-15(12-13-4-3-6-16(27)19(13)31-20)21(28)25-22-18(14-5-1-2-7-17(14)32-22)23(29)26-8-10-30-11-9-26/h3-4,6,12,24,27H,1-2,5,7-11H2,(H,25,28). The van der Waals surface area contributed by atoms with E-state index in [0.717, 1.165) is 36.1 Å². The van der Waals surface area contributed by atoms with Gasteiger partial charge in [-0.2, -0.15) is 0 Å². The molecule has 0 radical (unpaired) electrons. The number of aryl methyl sites for hydroxylation is 1. The van der Waals surface area contributed by atoms with Gasteiger partial charge >= 0.3 is 0 Å². The van der Waals surface area contributed by atoms with Crippen molar-refractivity contribution in [2.24, 2.45) is 0 Å². The van der Waals surface area contributed by atoms with E-state index in [9.17, 15) is 14.7 Å². The van der Waals surface area contributed by atoms with Crippen LogP contribution in [0, 0.1) is 5.41 Å². The van der Waals surface area contributed by atoms with Gasteiger partial charge in [-0.15, -0.1) is 11.3 Å². The number of phenolic OH excluding ortho intramolecular Hbond substituents is 1. The zero-order valence-corrected chi connectivity index (χ0v) is 18.2. The molecule has 166 valence electrons. The largest absolute Gasteiger partial charge is 0.504 e. The Labute approximate surface area is 187 Å². The Morgan fingerprint density at radius 2 is 1.94 bits per heavy atom. The number of carbonyl (C=O) groups excluding carboxylic acids is 2. The molecule has 0 saturated carbocycles. The molecule has 0 bridgehead atoms. The Morgan fingerprint density at radius 3 is 2.75 bits per heavy atom. The van der Waals surface area contributed by atoms with Gasteiger partial charge in [0.05, 0.1) is 18.8 Å². The molecule has 1 aliphatic heterocycles. The Hall–Kier alpha value is -3.17. The molecule has 1 fully saturated rings. The van der Waals surface area contributed by atoms with Crippen LogP contribution in [0.25, 0.3) is 11.0 Å². The summed E-state index contributed by atoms with van der Waals surface area (Å²) in [5.41, 5.74) is 1.45. The number of nitrogens with one attached hydrogen (secondary N) is 2. The summed E-state index contributed by atoms with van der Waals surface area (Å²) in [6.45, 7) is 2.07. The number of hydrogen-bond acceptors (Lipinski definition) is 7. The fourth-order valence-electron chi connectivity index (χ4n) is 4.29. The average Bonchev–Trinajstić information content (AvgIpc) is 3.17. The first kappa shape index (κ1) is 20.7. The molecule has 1 aliphatic carbocycles. The minimum Gasteiger partial charge on any atom is -0.504 e. The van der Waals surface area contributed by atoms with Crippen LogP contribution >= 0.6 is 11.3 Å². The smallest absolute Gasteiger partial charge is 0.261 e. The van der Waals surface area contributed by atoms with Crippen LogP contribution in [0.3, 0.4) is 0 Å². The predicted octanol–water partition coefficient (Wildman–Crippen LogP) is 3.28. The molecular formula is C23H23N3O5S. The van der Waals surface area contributed by atoms with Crippen molar-refractivity contribution in [3.8, 4) is 5.75 Å². The van der Waals surface area contributed by atoms with Crippen LogP contribution in [0.1, 0.15) is 44.0 Å². The van der Waals surface area contributed by atoms with E-state index >= 15 is 0 Å². The SMILES string of the molecule is N=c1oc2c(O)cccc2cc1C(=O)Nc1sc2c(c1C(=O)N1CCOCC1)CCCC2. The van der Waals surface area contributed by atoms with Crippen LogP contribution in [0.15, 0.2) is 28.7 Å². The fraction of sp³-hybridized carbons (Fsp3) is 0.348. The number of para-hydroxylation sites is 1. The highest BCUT2D eigenvalue weighted by Crippen LogP contribution is 2.39. The van der Waals surface area contributed by atoms with Crippen LogP contribution < -0.4 is 10.9 Å². The summed E-state index contributed by atoms with van der Waals surface area (Å²) in [5.74, 6) is -0.687. The van der Waals surface area contributed by atoms with Crippen molar-refractivity contribution in [2.75, 3.05) is 31.6 Å². The van der Waals surface area contributed by atoms with Gasteiger partial charge < -0.3 is 24.5 Å².